The van der Waals surface area contributed by atoms with Crippen LogP contribution in [0.15, 0.2) is 51.8 Å². The van der Waals surface area contributed by atoms with Crippen molar-refractivity contribution in [2.75, 3.05) is 6.26 Å². The van der Waals surface area contributed by atoms with Crippen LogP contribution in [-0.4, -0.2) is 15.8 Å². The first-order valence-corrected chi connectivity index (χ1v) is 8.16. The molecule has 0 bridgehead atoms. The van der Waals surface area contributed by atoms with Crippen molar-refractivity contribution in [3.05, 3.63) is 51.7 Å². The average Bonchev–Trinajstić information content (AvgIpc) is 2.74. The monoisotopic (exact) mass is 350 g/mol. The van der Waals surface area contributed by atoms with Gasteiger partial charge in [0, 0.05) is 15.1 Å². The number of imidazole rings is 1. The lowest BCUT2D eigenvalue weighted by Gasteiger charge is -2.05. The zero-order valence-corrected chi connectivity index (χ0v) is 13.4. The van der Waals surface area contributed by atoms with Crippen LogP contribution in [0.1, 0.15) is 0 Å². The maximum absolute atomic E-state index is 5.43. The molecule has 1 heterocycles. The van der Waals surface area contributed by atoms with Crippen molar-refractivity contribution in [2.24, 2.45) is 0 Å². The molecule has 0 amide bonds. The summed E-state index contributed by atoms with van der Waals surface area (Å²) in [5, 5.41) is 0. The number of hydrogen-bond donors (Lipinski definition) is 1. The van der Waals surface area contributed by atoms with E-state index in [0.29, 0.717) is 4.77 Å². The van der Waals surface area contributed by atoms with Gasteiger partial charge in [0.1, 0.15) is 0 Å². The van der Waals surface area contributed by atoms with Gasteiger partial charge >= 0.3 is 0 Å². The van der Waals surface area contributed by atoms with Crippen molar-refractivity contribution in [1.82, 2.24) is 9.55 Å². The summed E-state index contributed by atoms with van der Waals surface area (Å²) in [6.45, 7) is 0. The number of thioether (sulfide) groups is 1. The first-order valence-electron chi connectivity index (χ1n) is 5.74. The van der Waals surface area contributed by atoms with Crippen molar-refractivity contribution in [3.8, 4) is 5.69 Å². The maximum atomic E-state index is 5.43. The second-order valence-electron chi connectivity index (χ2n) is 4.13. The number of H-pyrrole nitrogens is 1. The first-order chi connectivity index (χ1) is 9.19. The predicted octanol–water partition coefficient (Wildman–Crippen LogP) is 5.17. The molecule has 0 unspecified atom stereocenters. The highest BCUT2D eigenvalue weighted by Gasteiger charge is 2.06. The van der Waals surface area contributed by atoms with E-state index in [4.69, 9.17) is 12.2 Å². The fourth-order valence-electron chi connectivity index (χ4n) is 2.07. The lowest BCUT2D eigenvalue weighted by Crippen LogP contribution is -1.93. The summed E-state index contributed by atoms with van der Waals surface area (Å²) in [7, 11) is 0. The normalized spacial score (nSPS) is 11.1. The maximum Gasteiger partial charge on any atom is 0.182 e. The molecule has 0 radical (unpaired) electrons. The van der Waals surface area contributed by atoms with E-state index in [2.05, 4.69) is 62.1 Å². The molecule has 2 aromatic carbocycles. The number of benzene rings is 2. The van der Waals surface area contributed by atoms with Gasteiger partial charge in [0.25, 0.3) is 0 Å². The summed E-state index contributed by atoms with van der Waals surface area (Å²) in [6, 6.07) is 14.5. The van der Waals surface area contributed by atoms with Crippen LogP contribution < -0.4 is 0 Å². The van der Waals surface area contributed by atoms with Crippen molar-refractivity contribution >= 4 is 50.9 Å². The van der Waals surface area contributed by atoms with E-state index in [9.17, 15) is 0 Å². The molecule has 0 aliphatic heterocycles. The van der Waals surface area contributed by atoms with Crippen LogP contribution in [0.2, 0.25) is 0 Å². The van der Waals surface area contributed by atoms with Gasteiger partial charge in [-0.15, -0.1) is 11.8 Å². The van der Waals surface area contributed by atoms with E-state index in [1.807, 2.05) is 12.1 Å². The van der Waals surface area contributed by atoms with Gasteiger partial charge in [-0.1, -0.05) is 15.9 Å². The van der Waals surface area contributed by atoms with Crippen LogP contribution in [0.25, 0.3) is 16.7 Å². The summed E-state index contributed by atoms with van der Waals surface area (Å²) in [6.07, 6.45) is 2.07. The number of rotatable bonds is 2. The Morgan fingerprint density at radius 1 is 1.16 bits per heavy atom. The largest absolute Gasteiger partial charge is 0.330 e. The number of aromatic amines is 1. The highest BCUT2D eigenvalue weighted by molar-refractivity contribution is 9.10. The highest BCUT2D eigenvalue weighted by atomic mass is 79.9. The fraction of sp³-hybridized carbons (Fsp3) is 0.0714. The summed E-state index contributed by atoms with van der Waals surface area (Å²) >= 11 is 10.6. The third-order valence-corrected chi connectivity index (χ3v) is 4.50. The Labute approximate surface area is 129 Å². The molecular weight excluding hydrogens is 340 g/mol. The van der Waals surface area contributed by atoms with Crippen molar-refractivity contribution < 1.29 is 0 Å². The summed E-state index contributed by atoms with van der Waals surface area (Å²) in [5.74, 6) is 0. The molecule has 1 aromatic heterocycles. The zero-order chi connectivity index (χ0) is 13.4. The van der Waals surface area contributed by atoms with E-state index in [-0.39, 0.29) is 0 Å². The van der Waals surface area contributed by atoms with Crippen molar-refractivity contribution in [2.45, 2.75) is 4.90 Å². The lowest BCUT2D eigenvalue weighted by atomic mass is 10.3. The van der Waals surface area contributed by atoms with Crippen molar-refractivity contribution in [1.29, 1.82) is 0 Å². The third kappa shape index (κ3) is 2.38. The lowest BCUT2D eigenvalue weighted by molar-refractivity contribution is 1.06. The van der Waals surface area contributed by atoms with Gasteiger partial charge in [-0.2, -0.15) is 0 Å². The Hall–Kier alpha value is -1.04. The second-order valence-corrected chi connectivity index (χ2v) is 6.31. The molecule has 0 aliphatic rings. The van der Waals surface area contributed by atoms with E-state index in [0.717, 1.165) is 21.2 Å². The summed E-state index contributed by atoms with van der Waals surface area (Å²) in [4.78, 5) is 4.49. The van der Waals surface area contributed by atoms with Crippen LogP contribution in [0, 0.1) is 4.77 Å². The Morgan fingerprint density at radius 3 is 2.58 bits per heavy atom. The first kappa shape index (κ1) is 13.0. The van der Waals surface area contributed by atoms with E-state index in [1.54, 1.807) is 11.8 Å². The minimum absolute atomic E-state index is 0.713. The van der Waals surface area contributed by atoms with Crippen LogP contribution >= 0.6 is 39.9 Å². The minimum atomic E-state index is 0.713. The molecule has 3 rings (SSSR count). The Morgan fingerprint density at radius 2 is 1.89 bits per heavy atom. The number of nitrogens with zero attached hydrogens (tertiary/aromatic N) is 1. The van der Waals surface area contributed by atoms with Crippen LogP contribution in [0.5, 0.6) is 0 Å². The van der Waals surface area contributed by atoms with Gasteiger partial charge < -0.3 is 4.98 Å². The highest BCUT2D eigenvalue weighted by Crippen LogP contribution is 2.24. The molecule has 19 heavy (non-hydrogen) atoms. The van der Waals surface area contributed by atoms with Crippen LogP contribution in [0.3, 0.4) is 0 Å². The van der Waals surface area contributed by atoms with Crippen molar-refractivity contribution in [3.63, 3.8) is 0 Å². The standard InChI is InChI=1S/C14H11BrN2S2/c1-19-11-5-3-10(4-6-11)17-13-7-2-9(15)8-12(13)16-14(17)18/h2-8H,1H3,(H,16,18). The van der Waals surface area contributed by atoms with Crippen LogP contribution in [0.4, 0.5) is 0 Å². The molecule has 0 saturated carbocycles. The zero-order valence-electron chi connectivity index (χ0n) is 10.2. The van der Waals surface area contributed by atoms with Gasteiger partial charge in [0.15, 0.2) is 4.77 Å². The van der Waals surface area contributed by atoms with Gasteiger partial charge in [-0.3, -0.25) is 4.57 Å². The number of aromatic nitrogens is 2. The summed E-state index contributed by atoms with van der Waals surface area (Å²) in [5.41, 5.74) is 3.20. The second kappa shape index (κ2) is 5.15. The molecule has 2 nitrogen and oxygen atoms in total. The topological polar surface area (TPSA) is 20.7 Å². The number of halogens is 1. The molecule has 5 heteroatoms. The molecule has 96 valence electrons. The van der Waals surface area contributed by atoms with Gasteiger partial charge in [0.05, 0.1) is 11.0 Å². The average molecular weight is 351 g/mol. The molecule has 0 fully saturated rings. The smallest absolute Gasteiger partial charge is 0.182 e. The Bertz CT molecular complexity index is 787. The van der Waals surface area contributed by atoms with E-state index < -0.39 is 0 Å². The molecular formula is C14H11BrN2S2. The van der Waals surface area contributed by atoms with Crippen LogP contribution in [-0.2, 0) is 0 Å². The number of hydrogen-bond acceptors (Lipinski definition) is 2. The van der Waals surface area contributed by atoms with E-state index in [1.165, 1.54) is 4.90 Å². The molecule has 0 spiro atoms. The molecule has 0 aliphatic carbocycles. The Kier molecular flexibility index (Phi) is 3.52. The predicted molar refractivity (Wildman–Crippen MR) is 87.9 cm³/mol. The van der Waals surface area contributed by atoms with Gasteiger partial charge in [-0.05, 0) is 60.9 Å². The fourth-order valence-corrected chi connectivity index (χ4v) is 3.15. The molecule has 1 N–H and O–H groups in total. The minimum Gasteiger partial charge on any atom is -0.330 e. The number of nitrogens with one attached hydrogen (secondary N) is 1. The Balaban J connectivity index is 2.23. The summed E-state index contributed by atoms with van der Waals surface area (Å²) < 4.78 is 3.81. The quantitative estimate of drug-likeness (QED) is 0.508. The number of fused-ring (bicyclic) bond motifs is 1. The van der Waals surface area contributed by atoms with E-state index >= 15 is 0 Å². The molecule has 3 aromatic rings. The van der Waals surface area contributed by atoms with Gasteiger partial charge in [0.2, 0.25) is 0 Å². The van der Waals surface area contributed by atoms with Gasteiger partial charge in [-0.25, -0.2) is 0 Å². The molecule has 0 atom stereocenters. The SMILES string of the molecule is CSc1ccc(-n2c(=S)[nH]c3cc(Br)ccc32)cc1. The third-order valence-electron chi connectivity index (χ3n) is 2.97. The molecule has 0 saturated heterocycles.